The van der Waals surface area contributed by atoms with Crippen molar-refractivity contribution in [2.45, 2.75) is 13.0 Å². The molecule has 4 nitrogen and oxygen atoms in total. The largest absolute Gasteiger partial charge is 0.496 e. The molecule has 0 spiro atoms. The van der Waals surface area contributed by atoms with Crippen LogP contribution in [0.3, 0.4) is 0 Å². The molecule has 2 heterocycles. The van der Waals surface area contributed by atoms with Gasteiger partial charge in [-0.05, 0) is 41.8 Å². The third kappa shape index (κ3) is 1.78. The molecule has 0 fully saturated rings. The van der Waals surface area contributed by atoms with Gasteiger partial charge in [-0.15, -0.1) is 0 Å². The fraction of sp³-hybridized carbons (Fsp3) is 0.357. The van der Waals surface area contributed by atoms with E-state index >= 15 is 0 Å². The van der Waals surface area contributed by atoms with Gasteiger partial charge in [-0.2, -0.15) is 0 Å². The number of amides is 1. The van der Waals surface area contributed by atoms with E-state index in [-0.39, 0.29) is 5.91 Å². The number of carbonyl (C=O) groups is 1. The number of hydrogen-bond donors (Lipinski definition) is 2. The molecule has 1 aromatic carbocycles. The first-order valence-electron chi connectivity index (χ1n) is 6.19. The maximum absolute atomic E-state index is 11.7. The smallest absolute Gasteiger partial charge is 0.255 e. The van der Waals surface area contributed by atoms with Gasteiger partial charge in [0.15, 0.2) is 0 Å². The average molecular weight is 244 g/mol. The number of fused-ring (bicyclic) bond motifs is 1. The molecule has 0 saturated carbocycles. The Morgan fingerprint density at radius 1 is 1.33 bits per heavy atom. The second-order valence-corrected chi connectivity index (χ2v) is 4.58. The first-order chi connectivity index (χ1) is 8.79. The summed E-state index contributed by atoms with van der Waals surface area (Å²) in [6.07, 6.45) is 3.22. The molecule has 0 radical (unpaired) electrons. The first kappa shape index (κ1) is 11.3. The van der Waals surface area contributed by atoms with E-state index < -0.39 is 0 Å². The van der Waals surface area contributed by atoms with E-state index in [1.165, 1.54) is 11.1 Å². The SMILES string of the molecule is COc1cc(C2=CCNCC2)cc2c1C(=O)NC2. The van der Waals surface area contributed by atoms with Crippen LogP contribution in [0.1, 0.15) is 27.9 Å². The number of benzene rings is 1. The molecule has 0 bridgehead atoms. The summed E-state index contributed by atoms with van der Waals surface area (Å²) < 4.78 is 5.36. The minimum absolute atomic E-state index is 0.0345. The summed E-state index contributed by atoms with van der Waals surface area (Å²) in [4.78, 5) is 11.7. The number of methoxy groups -OCH3 is 1. The molecule has 94 valence electrons. The van der Waals surface area contributed by atoms with Gasteiger partial charge in [0.1, 0.15) is 5.75 Å². The standard InChI is InChI=1S/C14H16N2O2/c1-18-12-7-10(9-2-4-15-5-3-9)6-11-8-16-14(17)13(11)12/h2,6-7,15H,3-5,8H2,1H3,(H,16,17). The van der Waals surface area contributed by atoms with Crippen LogP contribution in [0.2, 0.25) is 0 Å². The van der Waals surface area contributed by atoms with Crippen molar-refractivity contribution >= 4 is 11.5 Å². The van der Waals surface area contributed by atoms with Crippen LogP contribution in [0.15, 0.2) is 18.2 Å². The zero-order chi connectivity index (χ0) is 12.5. The minimum atomic E-state index is -0.0345. The Hall–Kier alpha value is -1.81. The zero-order valence-corrected chi connectivity index (χ0v) is 10.4. The Morgan fingerprint density at radius 3 is 2.94 bits per heavy atom. The number of nitrogens with one attached hydrogen (secondary N) is 2. The van der Waals surface area contributed by atoms with E-state index in [1.54, 1.807) is 7.11 Å². The Labute approximate surface area is 106 Å². The summed E-state index contributed by atoms with van der Waals surface area (Å²) in [7, 11) is 1.61. The van der Waals surface area contributed by atoms with Gasteiger partial charge in [0, 0.05) is 13.1 Å². The molecule has 0 aromatic heterocycles. The molecule has 2 aliphatic rings. The van der Waals surface area contributed by atoms with E-state index in [2.05, 4.69) is 22.8 Å². The van der Waals surface area contributed by atoms with Gasteiger partial charge in [0.05, 0.1) is 12.7 Å². The molecule has 4 heteroatoms. The quantitative estimate of drug-likeness (QED) is 0.825. The third-order valence-electron chi connectivity index (χ3n) is 3.50. The van der Waals surface area contributed by atoms with Crippen molar-refractivity contribution in [3.63, 3.8) is 0 Å². The summed E-state index contributed by atoms with van der Waals surface area (Å²) in [6.45, 7) is 2.51. The monoisotopic (exact) mass is 244 g/mol. The molecule has 1 amide bonds. The number of hydrogen-bond acceptors (Lipinski definition) is 3. The topological polar surface area (TPSA) is 50.4 Å². The van der Waals surface area contributed by atoms with E-state index in [1.807, 2.05) is 6.07 Å². The Kier molecular flexibility index (Phi) is 2.80. The molecule has 18 heavy (non-hydrogen) atoms. The highest BCUT2D eigenvalue weighted by Gasteiger charge is 2.24. The summed E-state index contributed by atoms with van der Waals surface area (Å²) in [5.74, 6) is 0.643. The van der Waals surface area contributed by atoms with Gasteiger partial charge in [0.25, 0.3) is 5.91 Å². The van der Waals surface area contributed by atoms with Crippen LogP contribution in [0.4, 0.5) is 0 Å². The van der Waals surface area contributed by atoms with Crippen molar-refractivity contribution in [3.8, 4) is 5.75 Å². The minimum Gasteiger partial charge on any atom is -0.496 e. The van der Waals surface area contributed by atoms with Gasteiger partial charge in [0.2, 0.25) is 0 Å². The molecule has 2 aliphatic heterocycles. The Morgan fingerprint density at radius 2 is 2.22 bits per heavy atom. The summed E-state index contributed by atoms with van der Waals surface area (Å²) >= 11 is 0. The molecule has 1 aromatic rings. The van der Waals surface area contributed by atoms with Crippen molar-refractivity contribution in [1.29, 1.82) is 0 Å². The van der Waals surface area contributed by atoms with Gasteiger partial charge in [-0.25, -0.2) is 0 Å². The Bertz CT molecular complexity index is 535. The predicted octanol–water partition coefficient (Wildman–Crippen LogP) is 1.32. The molecular weight excluding hydrogens is 228 g/mol. The van der Waals surface area contributed by atoms with Crippen LogP contribution < -0.4 is 15.4 Å². The summed E-state index contributed by atoms with van der Waals surface area (Å²) in [6, 6.07) is 4.08. The lowest BCUT2D eigenvalue weighted by Gasteiger charge is -2.16. The average Bonchev–Trinajstić information content (AvgIpc) is 2.81. The lowest BCUT2D eigenvalue weighted by atomic mass is 9.96. The number of ether oxygens (including phenoxy) is 1. The van der Waals surface area contributed by atoms with Crippen molar-refractivity contribution in [2.24, 2.45) is 0 Å². The van der Waals surface area contributed by atoms with E-state index in [4.69, 9.17) is 4.74 Å². The van der Waals surface area contributed by atoms with Gasteiger partial charge < -0.3 is 15.4 Å². The van der Waals surface area contributed by atoms with Crippen molar-refractivity contribution in [2.75, 3.05) is 20.2 Å². The van der Waals surface area contributed by atoms with Crippen LogP contribution in [0, 0.1) is 0 Å². The third-order valence-corrected chi connectivity index (χ3v) is 3.50. The van der Waals surface area contributed by atoms with Gasteiger partial charge >= 0.3 is 0 Å². The van der Waals surface area contributed by atoms with Crippen LogP contribution in [-0.2, 0) is 6.54 Å². The predicted molar refractivity (Wildman–Crippen MR) is 69.6 cm³/mol. The highest BCUT2D eigenvalue weighted by Crippen LogP contribution is 2.32. The fourth-order valence-corrected chi connectivity index (χ4v) is 2.57. The first-order valence-corrected chi connectivity index (χ1v) is 6.19. The van der Waals surface area contributed by atoms with E-state index in [9.17, 15) is 4.79 Å². The lowest BCUT2D eigenvalue weighted by Crippen LogP contribution is -2.20. The highest BCUT2D eigenvalue weighted by molar-refractivity contribution is 6.01. The molecular formula is C14H16N2O2. The molecule has 0 atom stereocenters. The van der Waals surface area contributed by atoms with Crippen LogP contribution in [-0.4, -0.2) is 26.1 Å². The Balaban J connectivity index is 2.08. The second kappa shape index (κ2) is 4.46. The molecule has 3 rings (SSSR count). The van der Waals surface area contributed by atoms with Crippen molar-refractivity contribution in [1.82, 2.24) is 10.6 Å². The van der Waals surface area contributed by atoms with E-state index in [0.717, 1.165) is 25.1 Å². The highest BCUT2D eigenvalue weighted by atomic mass is 16.5. The van der Waals surface area contributed by atoms with E-state index in [0.29, 0.717) is 17.9 Å². The van der Waals surface area contributed by atoms with Gasteiger partial charge in [-0.3, -0.25) is 4.79 Å². The fourth-order valence-electron chi connectivity index (χ4n) is 2.57. The maximum atomic E-state index is 11.7. The maximum Gasteiger partial charge on any atom is 0.255 e. The lowest BCUT2D eigenvalue weighted by molar-refractivity contribution is 0.0963. The van der Waals surface area contributed by atoms with Crippen molar-refractivity contribution in [3.05, 3.63) is 34.9 Å². The molecule has 2 N–H and O–H groups in total. The summed E-state index contributed by atoms with van der Waals surface area (Å²) in [5, 5.41) is 6.14. The molecule has 0 saturated heterocycles. The van der Waals surface area contributed by atoms with Crippen LogP contribution in [0.5, 0.6) is 5.75 Å². The number of carbonyl (C=O) groups excluding carboxylic acids is 1. The summed E-state index contributed by atoms with van der Waals surface area (Å²) in [5.41, 5.74) is 4.22. The molecule has 0 unspecified atom stereocenters. The second-order valence-electron chi connectivity index (χ2n) is 4.58. The normalized spacial score (nSPS) is 18.1. The van der Waals surface area contributed by atoms with Crippen molar-refractivity contribution < 1.29 is 9.53 Å². The van der Waals surface area contributed by atoms with Crippen LogP contribution in [0.25, 0.3) is 5.57 Å². The zero-order valence-electron chi connectivity index (χ0n) is 10.4. The van der Waals surface area contributed by atoms with Gasteiger partial charge in [-0.1, -0.05) is 6.08 Å². The van der Waals surface area contributed by atoms with Crippen LogP contribution >= 0.6 is 0 Å². The molecule has 0 aliphatic carbocycles. The number of rotatable bonds is 2.